The fraction of sp³-hybridized carbons (Fsp3) is 0.944. The van der Waals surface area contributed by atoms with Crippen LogP contribution in [0.5, 0.6) is 0 Å². The Kier molecular flexibility index (Phi) is 10.5. The number of hydrogen-bond donors (Lipinski definition) is 2. The van der Waals surface area contributed by atoms with E-state index in [1.54, 1.807) is 27.7 Å². The normalized spacial score (nSPS) is 17.0. The van der Waals surface area contributed by atoms with Crippen LogP contribution in [0, 0.1) is 0 Å². The smallest absolute Gasteiger partial charge is 0.429 e. The van der Waals surface area contributed by atoms with Gasteiger partial charge in [-0.05, 0) is 60.3 Å². The molecule has 0 aliphatic rings. The van der Waals surface area contributed by atoms with Gasteiger partial charge in [0, 0.05) is 13.0 Å². The molecule has 6 heteroatoms. The number of unbranched alkanes of at least 4 members (excludes halogenated alkanes) is 1. The molecule has 0 aromatic heterocycles. The number of aliphatic hydroxyl groups is 2. The summed E-state index contributed by atoms with van der Waals surface area (Å²) in [5.41, 5.74) is -1.07. The van der Waals surface area contributed by atoms with Gasteiger partial charge >= 0.3 is 6.16 Å². The maximum absolute atomic E-state index is 11.8. The molecule has 0 aliphatic heterocycles. The van der Waals surface area contributed by atoms with E-state index in [1.807, 2.05) is 6.92 Å². The zero-order chi connectivity index (χ0) is 18.8. The van der Waals surface area contributed by atoms with Crippen LogP contribution in [0.3, 0.4) is 0 Å². The third-order valence-corrected chi connectivity index (χ3v) is 3.97. The maximum Gasteiger partial charge on any atom is 0.509 e. The molecule has 0 heterocycles. The van der Waals surface area contributed by atoms with Crippen LogP contribution in [0.25, 0.3) is 0 Å². The van der Waals surface area contributed by atoms with Crippen LogP contribution < -0.4 is 0 Å². The molecule has 0 bridgehead atoms. The highest BCUT2D eigenvalue weighted by molar-refractivity contribution is 5.60. The summed E-state index contributed by atoms with van der Waals surface area (Å²) in [7, 11) is 0. The first kappa shape index (κ1) is 23.1. The molecule has 6 nitrogen and oxygen atoms in total. The summed E-state index contributed by atoms with van der Waals surface area (Å²) >= 11 is 0. The molecule has 144 valence electrons. The zero-order valence-corrected chi connectivity index (χ0v) is 16.1. The minimum Gasteiger partial charge on any atom is -0.429 e. The first-order valence-electron chi connectivity index (χ1n) is 8.86. The summed E-state index contributed by atoms with van der Waals surface area (Å²) in [5, 5.41) is 18.3. The van der Waals surface area contributed by atoms with Gasteiger partial charge in [0.2, 0.25) is 0 Å². The lowest BCUT2D eigenvalue weighted by molar-refractivity contribution is -0.0960. The van der Waals surface area contributed by atoms with Crippen LogP contribution in [0.1, 0.15) is 73.6 Å². The molecule has 24 heavy (non-hydrogen) atoms. The fourth-order valence-electron chi connectivity index (χ4n) is 2.48. The van der Waals surface area contributed by atoms with E-state index >= 15 is 0 Å². The molecule has 0 aromatic rings. The third kappa shape index (κ3) is 10.8. The largest absolute Gasteiger partial charge is 0.509 e. The van der Waals surface area contributed by atoms with Gasteiger partial charge in [0.05, 0.1) is 18.3 Å². The summed E-state index contributed by atoms with van der Waals surface area (Å²) < 4.78 is 16.4. The molecule has 0 fully saturated rings. The fourth-order valence-corrected chi connectivity index (χ4v) is 2.48. The Morgan fingerprint density at radius 1 is 1.17 bits per heavy atom. The SMILES string of the molecule is CCC(C)(CCCCO)OCC(C)OC(=O)OC(C)(C)CC(C)O. The lowest BCUT2D eigenvalue weighted by Crippen LogP contribution is -2.35. The first-order valence-corrected chi connectivity index (χ1v) is 8.86. The second-order valence-electron chi connectivity index (χ2n) is 7.39. The number of carbonyl (C=O) groups is 1. The Bertz CT molecular complexity index is 355. The van der Waals surface area contributed by atoms with Crippen LogP contribution in [-0.2, 0) is 14.2 Å². The van der Waals surface area contributed by atoms with E-state index in [4.69, 9.17) is 19.3 Å². The topological polar surface area (TPSA) is 85.2 Å². The molecule has 0 aliphatic carbocycles. The number of ether oxygens (including phenoxy) is 3. The van der Waals surface area contributed by atoms with E-state index in [2.05, 4.69) is 6.92 Å². The predicted molar refractivity (Wildman–Crippen MR) is 93.0 cm³/mol. The summed E-state index contributed by atoms with van der Waals surface area (Å²) in [6.45, 7) is 11.4. The van der Waals surface area contributed by atoms with Crippen LogP contribution >= 0.6 is 0 Å². The summed E-state index contributed by atoms with van der Waals surface area (Å²) in [4.78, 5) is 11.8. The highest BCUT2D eigenvalue weighted by atomic mass is 16.7. The second-order valence-corrected chi connectivity index (χ2v) is 7.39. The van der Waals surface area contributed by atoms with E-state index in [9.17, 15) is 9.90 Å². The highest BCUT2D eigenvalue weighted by Gasteiger charge is 2.28. The third-order valence-electron chi connectivity index (χ3n) is 3.97. The molecular formula is C18H36O6. The Morgan fingerprint density at radius 3 is 2.29 bits per heavy atom. The lowest BCUT2D eigenvalue weighted by Gasteiger charge is -2.31. The standard InChI is InChI=1S/C18H36O6/c1-7-18(6,10-8-9-11-19)22-13-15(3)23-16(21)24-17(4,5)12-14(2)20/h14-15,19-20H,7-13H2,1-6H3. The van der Waals surface area contributed by atoms with Gasteiger partial charge in [0.1, 0.15) is 11.7 Å². The van der Waals surface area contributed by atoms with Gasteiger partial charge in [-0.15, -0.1) is 0 Å². The Balaban J connectivity index is 4.27. The molecule has 3 unspecified atom stereocenters. The summed E-state index contributed by atoms with van der Waals surface area (Å²) in [6.07, 6.45) is 1.95. The average molecular weight is 348 g/mol. The molecule has 0 spiro atoms. The van der Waals surface area contributed by atoms with Gasteiger partial charge < -0.3 is 24.4 Å². The van der Waals surface area contributed by atoms with E-state index < -0.39 is 24.0 Å². The van der Waals surface area contributed by atoms with Gasteiger partial charge in [-0.2, -0.15) is 0 Å². The van der Waals surface area contributed by atoms with Gasteiger partial charge in [-0.3, -0.25) is 0 Å². The second kappa shape index (κ2) is 10.9. The van der Waals surface area contributed by atoms with Crippen molar-refractivity contribution in [2.45, 2.75) is 97.1 Å². The monoisotopic (exact) mass is 348 g/mol. The molecule has 0 aromatic carbocycles. The molecule has 0 amide bonds. The van der Waals surface area contributed by atoms with Crippen molar-refractivity contribution in [1.29, 1.82) is 0 Å². The van der Waals surface area contributed by atoms with Crippen LogP contribution in [0.15, 0.2) is 0 Å². The number of rotatable bonds is 12. The molecule has 2 N–H and O–H groups in total. The molecule has 3 atom stereocenters. The van der Waals surface area contributed by atoms with E-state index in [1.165, 1.54) is 0 Å². The predicted octanol–water partition coefficient (Wildman–Crippen LogP) is 3.43. The van der Waals surface area contributed by atoms with E-state index in [0.717, 1.165) is 25.7 Å². The Morgan fingerprint density at radius 2 is 1.79 bits per heavy atom. The molecule has 0 radical (unpaired) electrons. The van der Waals surface area contributed by atoms with Crippen molar-refractivity contribution in [3.8, 4) is 0 Å². The first-order chi connectivity index (χ1) is 11.0. The van der Waals surface area contributed by atoms with Crippen molar-refractivity contribution in [2.24, 2.45) is 0 Å². The van der Waals surface area contributed by atoms with Crippen LogP contribution in [-0.4, -0.2) is 53.0 Å². The average Bonchev–Trinajstić information content (AvgIpc) is 2.43. The Labute approximate surface area is 146 Å². The highest BCUT2D eigenvalue weighted by Crippen LogP contribution is 2.23. The van der Waals surface area contributed by atoms with Gasteiger partial charge in [-0.25, -0.2) is 4.79 Å². The van der Waals surface area contributed by atoms with Crippen molar-refractivity contribution in [1.82, 2.24) is 0 Å². The van der Waals surface area contributed by atoms with Crippen molar-refractivity contribution >= 4 is 6.16 Å². The van der Waals surface area contributed by atoms with Crippen molar-refractivity contribution in [2.75, 3.05) is 13.2 Å². The zero-order valence-electron chi connectivity index (χ0n) is 16.1. The number of aliphatic hydroxyl groups excluding tert-OH is 2. The molecular weight excluding hydrogens is 312 g/mol. The van der Waals surface area contributed by atoms with E-state index in [-0.39, 0.29) is 18.8 Å². The van der Waals surface area contributed by atoms with E-state index in [0.29, 0.717) is 6.42 Å². The number of carbonyl (C=O) groups excluding carboxylic acids is 1. The number of hydrogen-bond acceptors (Lipinski definition) is 6. The quantitative estimate of drug-likeness (QED) is 0.415. The molecule has 0 saturated carbocycles. The summed E-state index contributed by atoms with van der Waals surface area (Å²) in [6, 6.07) is 0. The Hall–Kier alpha value is -0.850. The van der Waals surface area contributed by atoms with Gasteiger partial charge in [0.25, 0.3) is 0 Å². The van der Waals surface area contributed by atoms with Gasteiger partial charge in [-0.1, -0.05) is 6.92 Å². The summed E-state index contributed by atoms with van der Waals surface area (Å²) in [5.74, 6) is 0. The van der Waals surface area contributed by atoms with Crippen molar-refractivity contribution < 1.29 is 29.2 Å². The van der Waals surface area contributed by atoms with Crippen molar-refractivity contribution in [3.05, 3.63) is 0 Å². The maximum atomic E-state index is 11.8. The molecule has 0 saturated heterocycles. The van der Waals surface area contributed by atoms with Gasteiger partial charge in [0.15, 0.2) is 0 Å². The lowest BCUT2D eigenvalue weighted by atomic mass is 9.96. The minimum absolute atomic E-state index is 0.188. The van der Waals surface area contributed by atoms with Crippen LogP contribution in [0.4, 0.5) is 4.79 Å². The minimum atomic E-state index is -0.784. The van der Waals surface area contributed by atoms with Crippen LogP contribution in [0.2, 0.25) is 0 Å². The molecule has 0 rings (SSSR count). The van der Waals surface area contributed by atoms with Crippen molar-refractivity contribution in [3.63, 3.8) is 0 Å².